The van der Waals surface area contributed by atoms with Crippen molar-refractivity contribution in [3.63, 3.8) is 0 Å². The van der Waals surface area contributed by atoms with Gasteiger partial charge in [-0.25, -0.2) is 4.79 Å². The van der Waals surface area contributed by atoms with Crippen LogP contribution in [0.25, 0.3) is 0 Å². The molecule has 2 fully saturated rings. The smallest absolute Gasteiger partial charge is 0.335 e. The van der Waals surface area contributed by atoms with Gasteiger partial charge in [-0.3, -0.25) is 4.79 Å². The van der Waals surface area contributed by atoms with Gasteiger partial charge in [0.25, 0.3) is 0 Å². The fraction of sp³-hybridized carbons (Fsp3) is 0.400. The van der Waals surface area contributed by atoms with Crippen molar-refractivity contribution in [2.24, 2.45) is 16.7 Å². The van der Waals surface area contributed by atoms with Gasteiger partial charge in [0.05, 0.1) is 18.4 Å². The molecule has 1 aromatic rings. The van der Waals surface area contributed by atoms with E-state index in [0.29, 0.717) is 25.0 Å². The van der Waals surface area contributed by atoms with Crippen molar-refractivity contribution in [2.45, 2.75) is 25.9 Å². The lowest BCUT2D eigenvalue weighted by Gasteiger charge is -2.51. The molecule has 4 atom stereocenters. The summed E-state index contributed by atoms with van der Waals surface area (Å²) in [4.78, 5) is 24.9. The largest absolute Gasteiger partial charge is 0.472 e. The van der Waals surface area contributed by atoms with Crippen LogP contribution < -0.4 is 0 Å². The highest BCUT2D eigenvalue weighted by atomic mass is 16.5. The molecule has 1 spiro atoms. The fourth-order valence-electron chi connectivity index (χ4n) is 5.00. The molecule has 0 amide bonds. The number of hydrogen-bond acceptors (Lipinski definition) is 5. The van der Waals surface area contributed by atoms with E-state index in [1.807, 2.05) is 24.3 Å². The molecule has 2 saturated heterocycles. The van der Waals surface area contributed by atoms with Gasteiger partial charge >= 0.3 is 11.9 Å². The van der Waals surface area contributed by atoms with Gasteiger partial charge in [-0.15, -0.1) is 0 Å². The Kier molecular flexibility index (Phi) is 2.80. The summed E-state index contributed by atoms with van der Waals surface area (Å²) in [5, 5.41) is 0. The molecule has 3 heterocycles. The lowest BCUT2D eigenvalue weighted by molar-refractivity contribution is -0.152. The van der Waals surface area contributed by atoms with Gasteiger partial charge in [0.2, 0.25) is 0 Å². The highest BCUT2D eigenvalue weighted by Crippen LogP contribution is 2.62. The molecule has 5 nitrogen and oxygen atoms in total. The molecule has 0 N–H and O–H groups in total. The fourth-order valence-corrected chi connectivity index (χ4v) is 5.00. The van der Waals surface area contributed by atoms with Crippen LogP contribution in [0.3, 0.4) is 0 Å². The molecule has 4 aliphatic rings. The first-order valence-electron chi connectivity index (χ1n) is 8.54. The number of carbonyl (C=O) groups is 2. The summed E-state index contributed by atoms with van der Waals surface area (Å²) in [5.41, 5.74) is 1.81. The Morgan fingerprint density at radius 1 is 1.28 bits per heavy atom. The summed E-state index contributed by atoms with van der Waals surface area (Å²) in [6.07, 6.45) is 12.0. The van der Waals surface area contributed by atoms with Gasteiger partial charge in [-0.1, -0.05) is 31.2 Å². The van der Waals surface area contributed by atoms with E-state index in [4.69, 9.17) is 13.9 Å². The number of furan rings is 1. The second kappa shape index (κ2) is 4.75. The normalized spacial score (nSPS) is 38.8. The molecule has 0 unspecified atom stereocenters. The Hall–Kier alpha value is -2.56. The van der Waals surface area contributed by atoms with Crippen LogP contribution in [0.4, 0.5) is 0 Å². The van der Waals surface area contributed by atoms with Gasteiger partial charge in [0, 0.05) is 28.4 Å². The first kappa shape index (κ1) is 14.8. The number of fused-ring (bicyclic) bond motifs is 2. The molecule has 0 saturated carbocycles. The van der Waals surface area contributed by atoms with Crippen LogP contribution in [0.2, 0.25) is 0 Å². The second-order valence-electron chi connectivity index (χ2n) is 7.52. The molecular formula is C20H18O5. The molecule has 0 aromatic carbocycles. The van der Waals surface area contributed by atoms with Crippen molar-refractivity contribution in [2.75, 3.05) is 6.61 Å². The summed E-state index contributed by atoms with van der Waals surface area (Å²) in [7, 11) is 0. The van der Waals surface area contributed by atoms with E-state index in [0.717, 1.165) is 11.1 Å². The lowest BCUT2D eigenvalue weighted by atomic mass is 9.52. The van der Waals surface area contributed by atoms with Crippen LogP contribution in [0, 0.1) is 16.7 Å². The molecule has 5 rings (SSSR count). The summed E-state index contributed by atoms with van der Waals surface area (Å²) in [6, 6.07) is 1.83. The van der Waals surface area contributed by atoms with Crippen LogP contribution in [0.1, 0.15) is 31.4 Å². The van der Waals surface area contributed by atoms with Crippen LogP contribution in [0.15, 0.2) is 58.5 Å². The van der Waals surface area contributed by atoms with Crippen LogP contribution in [-0.4, -0.2) is 18.5 Å². The Bertz CT molecular complexity index is 859. The maximum absolute atomic E-state index is 12.7. The number of allylic oxidation sites excluding steroid dienone is 3. The summed E-state index contributed by atoms with van der Waals surface area (Å²) < 4.78 is 16.2. The minimum absolute atomic E-state index is 0.174. The third-order valence-corrected chi connectivity index (χ3v) is 6.26. The van der Waals surface area contributed by atoms with E-state index < -0.39 is 5.41 Å². The number of esters is 2. The summed E-state index contributed by atoms with van der Waals surface area (Å²) in [6.45, 7) is 2.45. The van der Waals surface area contributed by atoms with Crippen LogP contribution in [-0.2, 0) is 19.1 Å². The minimum atomic E-state index is -0.480. The molecule has 2 aliphatic carbocycles. The van der Waals surface area contributed by atoms with E-state index in [1.165, 1.54) is 0 Å². The van der Waals surface area contributed by atoms with Gasteiger partial charge in [0.15, 0.2) is 0 Å². The van der Waals surface area contributed by atoms with Gasteiger partial charge in [0.1, 0.15) is 12.7 Å². The first-order valence-corrected chi connectivity index (χ1v) is 8.54. The molecule has 25 heavy (non-hydrogen) atoms. The van der Waals surface area contributed by atoms with Gasteiger partial charge in [-0.05, 0) is 18.1 Å². The number of rotatable bonds is 1. The van der Waals surface area contributed by atoms with E-state index in [9.17, 15) is 9.59 Å². The molecule has 128 valence electrons. The maximum Gasteiger partial charge on any atom is 0.335 e. The second-order valence-corrected chi connectivity index (χ2v) is 7.52. The monoisotopic (exact) mass is 338 g/mol. The SMILES string of the molecule is C[C@]12C[C@H](c3ccoc3)OC(=O)C1=CC[C@@]13COC(=O)[C@@H]1C=CC=C23. The van der Waals surface area contributed by atoms with E-state index in [-0.39, 0.29) is 29.4 Å². The zero-order valence-corrected chi connectivity index (χ0v) is 13.9. The Morgan fingerprint density at radius 3 is 2.96 bits per heavy atom. The Labute approximate surface area is 145 Å². The standard InChI is InChI=1S/C20H18O5/c1-19-9-15(12-6-8-23-10-12)25-18(22)13(19)5-7-20-11-24-17(21)14(20)3-2-4-16(19)20/h2-6,8,10,14-15H,7,9,11H2,1H3/t14-,15+,19-,20+/m0/s1. The third-order valence-electron chi connectivity index (χ3n) is 6.26. The molecule has 0 bridgehead atoms. The summed E-state index contributed by atoms with van der Waals surface area (Å²) in [5.74, 6) is -0.730. The zero-order chi connectivity index (χ0) is 17.2. The quantitative estimate of drug-likeness (QED) is 0.735. The predicted molar refractivity (Wildman–Crippen MR) is 87.1 cm³/mol. The van der Waals surface area contributed by atoms with Crippen molar-refractivity contribution in [1.82, 2.24) is 0 Å². The van der Waals surface area contributed by atoms with Crippen LogP contribution >= 0.6 is 0 Å². The molecule has 2 aliphatic heterocycles. The molecule has 1 aromatic heterocycles. The lowest BCUT2D eigenvalue weighted by Crippen LogP contribution is -2.48. The predicted octanol–water partition coefficient (Wildman–Crippen LogP) is 3.26. The highest BCUT2D eigenvalue weighted by Gasteiger charge is 2.61. The van der Waals surface area contributed by atoms with Gasteiger partial charge in [-0.2, -0.15) is 0 Å². The minimum Gasteiger partial charge on any atom is -0.472 e. The molecule has 0 radical (unpaired) electrons. The van der Waals surface area contributed by atoms with Crippen LogP contribution in [0.5, 0.6) is 0 Å². The molecular weight excluding hydrogens is 320 g/mol. The summed E-state index contributed by atoms with van der Waals surface area (Å²) >= 11 is 0. The number of carbonyl (C=O) groups excluding carboxylic acids is 2. The Balaban J connectivity index is 1.64. The van der Waals surface area contributed by atoms with E-state index in [2.05, 4.69) is 13.0 Å². The van der Waals surface area contributed by atoms with Crippen molar-refractivity contribution >= 4 is 11.9 Å². The maximum atomic E-state index is 12.7. The average molecular weight is 338 g/mol. The van der Waals surface area contributed by atoms with Crippen molar-refractivity contribution in [3.8, 4) is 0 Å². The van der Waals surface area contributed by atoms with Gasteiger partial charge < -0.3 is 13.9 Å². The number of hydrogen-bond donors (Lipinski definition) is 0. The highest BCUT2D eigenvalue weighted by molar-refractivity contribution is 5.93. The van der Waals surface area contributed by atoms with Crippen molar-refractivity contribution in [3.05, 3.63) is 59.6 Å². The average Bonchev–Trinajstić information content (AvgIpc) is 3.23. The number of cyclic esters (lactones) is 2. The van der Waals surface area contributed by atoms with Crippen molar-refractivity contribution in [1.29, 1.82) is 0 Å². The first-order chi connectivity index (χ1) is 12.0. The number of ether oxygens (including phenoxy) is 2. The van der Waals surface area contributed by atoms with E-state index in [1.54, 1.807) is 12.5 Å². The topological polar surface area (TPSA) is 65.7 Å². The van der Waals surface area contributed by atoms with E-state index >= 15 is 0 Å². The molecule has 5 heteroatoms. The third kappa shape index (κ3) is 1.78. The van der Waals surface area contributed by atoms with Crippen molar-refractivity contribution < 1.29 is 23.5 Å². The zero-order valence-electron chi connectivity index (χ0n) is 13.9. The Morgan fingerprint density at radius 2 is 2.16 bits per heavy atom.